The van der Waals surface area contributed by atoms with Gasteiger partial charge in [-0.3, -0.25) is 9.80 Å². The summed E-state index contributed by atoms with van der Waals surface area (Å²) in [6.45, 7) is 15.5. The van der Waals surface area contributed by atoms with Crippen molar-refractivity contribution in [2.45, 2.75) is 51.9 Å². The largest absolute Gasteiger partial charge is 0.378 e. The quantitative estimate of drug-likeness (QED) is 0.806. The van der Waals surface area contributed by atoms with Gasteiger partial charge in [0.1, 0.15) is 0 Å². The van der Waals surface area contributed by atoms with E-state index in [-0.39, 0.29) is 0 Å². The first-order valence-corrected chi connectivity index (χ1v) is 7.42. The molecule has 4 heteroatoms. The minimum absolute atomic E-state index is 0.548. The van der Waals surface area contributed by atoms with E-state index < -0.39 is 0 Å². The molecule has 2 aliphatic heterocycles. The molecule has 2 rings (SSSR count). The molecule has 2 fully saturated rings. The standard InChI is InChI=1S/C14H29N3O/c1-5-16-7-11(2)15-6-14(16)8-17-12(3)9-18-10-13(17)4/h11-15H,5-10H2,1-4H3/t11-,12-,13-,14-/m1/s1. The predicted octanol–water partition coefficient (Wildman–Crippen LogP) is 0.778. The Morgan fingerprint density at radius 1 is 1.17 bits per heavy atom. The van der Waals surface area contributed by atoms with E-state index in [4.69, 9.17) is 4.74 Å². The minimum atomic E-state index is 0.548. The number of piperazine rings is 1. The van der Waals surface area contributed by atoms with Crippen molar-refractivity contribution < 1.29 is 4.74 Å². The van der Waals surface area contributed by atoms with Gasteiger partial charge in [-0.25, -0.2) is 0 Å². The predicted molar refractivity (Wildman–Crippen MR) is 74.9 cm³/mol. The molecule has 0 aromatic heterocycles. The highest BCUT2D eigenvalue weighted by molar-refractivity contribution is 4.89. The van der Waals surface area contributed by atoms with Gasteiger partial charge in [0.2, 0.25) is 0 Å². The highest BCUT2D eigenvalue weighted by atomic mass is 16.5. The molecule has 0 bridgehead atoms. The smallest absolute Gasteiger partial charge is 0.0620 e. The monoisotopic (exact) mass is 255 g/mol. The van der Waals surface area contributed by atoms with Crippen LogP contribution in [0, 0.1) is 0 Å². The number of nitrogens with one attached hydrogen (secondary N) is 1. The van der Waals surface area contributed by atoms with Crippen LogP contribution in [0.4, 0.5) is 0 Å². The second kappa shape index (κ2) is 6.33. The molecular formula is C14H29N3O. The van der Waals surface area contributed by atoms with Crippen LogP contribution in [-0.4, -0.2) is 73.4 Å². The number of hydrogen-bond acceptors (Lipinski definition) is 4. The molecule has 106 valence electrons. The van der Waals surface area contributed by atoms with Gasteiger partial charge in [-0.05, 0) is 27.3 Å². The Morgan fingerprint density at radius 3 is 2.44 bits per heavy atom. The molecule has 0 saturated carbocycles. The van der Waals surface area contributed by atoms with E-state index in [1.165, 1.54) is 13.1 Å². The van der Waals surface area contributed by atoms with Crippen LogP contribution >= 0.6 is 0 Å². The van der Waals surface area contributed by atoms with Gasteiger partial charge in [0.05, 0.1) is 13.2 Å². The third kappa shape index (κ3) is 3.23. The lowest BCUT2D eigenvalue weighted by atomic mass is 10.1. The average Bonchev–Trinajstić information content (AvgIpc) is 2.35. The summed E-state index contributed by atoms with van der Waals surface area (Å²) in [6.07, 6.45) is 0. The van der Waals surface area contributed by atoms with E-state index in [2.05, 4.69) is 42.8 Å². The lowest BCUT2D eigenvalue weighted by Crippen LogP contribution is -2.61. The van der Waals surface area contributed by atoms with Crippen molar-refractivity contribution in [3.05, 3.63) is 0 Å². The molecule has 0 aromatic rings. The summed E-state index contributed by atoms with van der Waals surface area (Å²) in [5, 5.41) is 3.62. The Balaban J connectivity index is 1.94. The maximum absolute atomic E-state index is 5.61. The molecule has 4 nitrogen and oxygen atoms in total. The van der Waals surface area contributed by atoms with E-state index in [0.29, 0.717) is 24.2 Å². The normalized spacial score (nSPS) is 40.0. The zero-order valence-corrected chi connectivity index (χ0v) is 12.4. The van der Waals surface area contributed by atoms with E-state index in [9.17, 15) is 0 Å². The second-order valence-corrected chi connectivity index (χ2v) is 5.98. The van der Waals surface area contributed by atoms with Crippen molar-refractivity contribution in [3.8, 4) is 0 Å². The number of nitrogens with zero attached hydrogens (tertiary/aromatic N) is 2. The SMILES string of the molecule is CCN1C[C@@H](C)NC[C@@H]1CN1[C@H](C)COC[C@H]1C. The molecule has 0 amide bonds. The molecule has 2 heterocycles. The number of hydrogen-bond donors (Lipinski definition) is 1. The summed E-state index contributed by atoms with van der Waals surface area (Å²) in [5.74, 6) is 0. The van der Waals surface area contributed by atoms with Crippen molar-refractivity contribution in [2.24, 2.45) is 0 Å². The van der Waals surface area contributed by atoms with Gasteiger partial charge in [-0.15, -0.1) is 0 Å². The molecule has 18 heavy (non-hydrogen) atoms. The van der Waals surface area contributed by atoms with Crippen molar-refractivity contribution in [2.75, 3.05) is 39.4 Å². The van der Waals surface area contributed by atoms with Gasteiger partial charge in [0.15, 0.2) is 0 Å². The minimum Gasteiger partial charge on any atom is -0.378 e. The zero-order chi connectivity index (χ0) is 13.1. The van der Waals surface area contributed by atoms with Gasteiger partial charge < -0.3 is 10.1 Å². The number of rotatable bonds is 3. The van der Waals surface area contributed by atoms with Gasteiger partial charge >= 0.3 is 0 Å². The average molecular weight is 255 g/mol. The second-order valence-electron chi connectivity index (χ2n) is 5.98. The third-order valence-electron chi connectivity index (χ3n) is 4.40. The maximum atomic E-state index is 5.61. The highest BCUT2D eigenvalue weighted by Crippen LogP contribution is 2.16. The molecule has 0 radical (unpaired) electrons. The number of likely N-dealkylation sites (N-methyl/N-ethyl adjacent to an activating group) is 1. The Kier molecular flexibility index (Phi) is 5.01. The Labute approximate surface area is 112 Å². The van der Waals surface area contributed by atoms with Crippen molar-refractivity contribution in [1.29, 1.82) is 0 Å². The topological polar surface area (TPSA) is 27.7 Å². The van der Waals surface area contributed by atoms with Crippen LogP contribution in [0.3, 0.4) is 0 Å². The molecule has 0 spiro atoms. The molecule has 0 unspecified atom stereocenters. The fourth-order valence-corrected chi connectivity index (χ4v) is 3.24. The van der Waals surface area contributed by atoms with Gasteiger partial charge in [0.25, 0.3) is 0 Å². The Morgan fingerprint density at radius 2 is 1.83 bits per heavy atom. The Hall–Kier alpha value is -0.160. The van der Waals surface area contributed by atoms with Crippen LogP contribution in [0.2, 0.25) is 0 Å². The van der Waals surface area contributed by atoms with Crippen LogP contribution in [0.15, 0.2) is 0 Å². The molecule has 2 aliphatic rings. The zero-order valence-electron chi connectivity index (χ0n) is 12.4. The molecule has 1 N–H and O–H groups in total. The maximum Gasteiger partial charge on any atom is 0.0620 e. The van der Waals surface area contributed by atoms with Crippen molar-refractivity contribution in [1.82, 2.24) is 15.1 Å². The third-order valence-corrected chi connectivity index (χ3v) is 4.40. The fraction of sp³-hybridized carbons (Fsp3) is 1.00. The number of ether oxygens (including phenoxy) is 1. The van der Waals surface area contributed by atoms with E-state index in [0.717, 1.165) is 26.3 Å². The van der Waals surface area contributed by atoms with E-state index in [1.807, 2.05) is 0 Å². The van der Waals surface area contributed by atoms with Crippen molar-refractivity contribution >= 4 is 0 Å². The van der Waals surface area contributed by atoms with Crippen LogP contribution < -0.4 is 5.32 Å². The lowest BCUT2D eigenvalue weighted by molar-refractivity contribution is -0.0502. The Bertz CT molecular complexity index is 251. The first kappa shape index (κ1) is 14.3. The molecule has 4 atom stereocenters. The van der Waals surface area contributed by atoms with Crippen LogP contribution in [0.25, 0.3) is 0 Å². The van der Waals surface area contributed by atoms with E-state index >= 15 is 0 Å². The summed E-state index contributed by atoms with van der Waals surface area (Å²) >= 11 is 0. The van der Waals surface area contributed by atoms with Crippen LogP contribution in [-0.2, 0) is 4.74 Å². The van der Waals surface area contributed by atoms with Gasteiger partial charge in [0, 0.05) is 43.8 Å². The molecule has 0 aliphatic carbocycles. The molecular weight excluding hydrogens is 226 g/mol. The highest BCUT2D eigenvalue weighted by Gasteiger charge is 2.31. The van der Waals surface area contributed by atoms with Gasteiger partial charge in [-0.2, -0.15) is 0 Å². The number of morpholine rings is 1. The summed E-state index contributed by atoms with van der Waals surface area (Å²) < 4.78 is 5.61. The molecule has 2 saturated heterocycles. The van der Waals surface area contributed by atoms with E-state index in [1.54, 1.807) is 0 Å². The fourth-order valence-electron chi connectivity index (χ4n) is 3.24. The van der Waals surface area contributed by atoms with Crippen LogP contribution in [0.5, 0.6) is 0 Å². The lowest BCUT2D eigenvalue weighted by Gasteiger charge is -2.45. The van der Waals surface area contributed by atoms with Crippen LogP contribution in [0.1, 0.15) is 27.7 Å². The first-order valence-electron chi connectivity index (χ1n) is 7.42. The van der Waals surface area contributed by atoms with Gasteiger partial charge in [-0.1, -0.05) is 6.92 Å². The first-order chi connectivity index (χ1) is 8.61. The summed E-state index contributed by atoms with van der Waals surface area (Å²) in [4.78, 5) is 5.24. The summed E-state index contributed by atoms with van der Waals surface area (Å²) in [5.41, 5.74) is 0. The van der Waals surface area contributed by atoms with Crippen molar-refractivity contribution in [3.63, 3.8) is 0 Å². The summed E-state index contributed by atoms with van der Waals surface area (Å²) in [6, 6.07) is 2.37. The summed E-state index contributed by atoms with van der Waals surface area (Å²) in [7, 11) is 0. The molecule has 0 aromatic carbocycles.